The molecule has 18 heavy (non-hydrogen) atoms. The Hall–Kier alpha value is -2.17. The number of rotatable bonds is 3. The zero-order chi connectivity index (χ0) is 13.3. The Bertz CT molecular complexity index is 576. The molecule has 2 rings (SSSR count). The second kappa shape index (κ2) is 4.60. The van der Waals surface area contributed by atoms with Crippen molar-refractivity contribution in [2.75, 3.05) is 20.0 Å². The first-order valence-electron chi connectivity index (χ1n) is 5.52. The number of hydrogen-bond donors (Lipinski definition) is 1. The molecule has 0 aliphatic rings. The topological polar surface area (TPSA) is 70.5 Å². The van der Waals surface area contributed by atoms with Gasteiger partial charge < -0.3 is 19.7 Å². The predicted molar refractivity (Wildman–Crippen MR) is 68.9 cm³/mol. The average Bonchev–Trinajstić information content (AvgIpc) is 2.78. The van der Waals surface area contributed by atoms with E-state index < -0.39 is 0 Å². The zero-order valence-electron chi connectivity index (χ0n) is 10.9. The van der Waals surface area contributed by atoms with Crippen LogP contribution in [0.4, 0.5) is 5.88 Å². The summed E-state index contributed by atoms with van der Waals surface area (Å²) in [5.41, 5.74) is 9.51. The van der Waals surface area contributed by atoms with E-state index in [0.717, 1.165) is 28.0 Å². The molecule has 96 valence electrons. The SMILES string of the molecule is COc1cc(-c2cnoc2N)c(C)c(C)c1OC. The van der Waals surface area contributed by atoms with Crippen LogP contribution in [-0.4, -0.2) is 19.4 Å². The standard InChI is InChI=1S/C13H16N2O3/c1-7-8(2)12(17-4)11(16-3)5-9(7)10-6-15-18-13(10)14/h5-6H,14H2,1-4H3. The third kappa shape index (κ3) is 1.77. The number of anilines is 1. The number of benzene rings is 1. The number of hydrogen-bond acceptors (Lipinski definition) is 5. The summed E-state index contributed by atoms with van der Waals surface area (Å²) in [6.07, 6.45) is 1.60. The van der Waals surface area contributed by atoms with E-state index in [4.69, 9.17) is 19.7 Å². The van der Waals surface area contributed by atoms with Gasteiger partial charge >= 0.3 is 0 Å². The van der Waals surface area contributed by atoms with Crippen molar-refractivity contribution in [1.82, 2.24) is 5.16 Å². The maximum Gasteiger partial charge on any atom is 0.229 e. The highest BCUT2D eigenvalue weighted by molar-refractivity contribution is 5.78. The van der Waals surface area contributed by atoms with E-state index >= 15 is 0 Å². The lowest BCUT2D eigenvalue weighted by atomic mass is 9.97. The monoisotopic (exact) mass is 248 g/mol. The van der Waals surface area contributed by atoms with Gasteiger partial charge in [-0.2, -0.15) is 0 Å². The summed E-state index contributed by atoms with van der Waals surface area (Å²) < 4.78 is 15.6. The molecule has 0 aliphatic carbocycles. The molecule has 0 radical (unpaired) electrons. The van der Waals surface area contributed by atoms with Crippen molar-refractivity contribution in [3.63, 3.8) is 0 Å². The lowest BCUT2D eigenvalue weighted by Gasteiger charge is -2.15. The highest BCUT2D eigenvalue weighted by atomic mass is 16.5. The molecule has 0 spiro atoms. The molecular formula is C13H16N2O3. The van der Waals surface area contributed by atoms with E-state index in [0.29, 0.717) is 11.6 Å². The van der Waals surface area contributed by atoms with Gasteiger partial charge in [0.25, 0.3) is 0 Å². The van der Waals surface area contributed by atoms with Crippen LogP contribution in [-0.2, 0) is 0 Å². The van der Waals surface area contributed by atoms with Crippen LogP contribution in [0.25, 0.3) is 11.1 Å². The van der Waals surface area contributed by atoms with Crippen molar-refractivity contribution in [2.45, 2.75) is 13.8 Å². The molecule has 0 atom stereocenters. The molecule has 0 saturated carbocycles. The smallest absolute Gasteiger partial charge is 0.229 e. The van der Waals surface area contributed by atoms with Gasteiger partial charge in [-0.25, -0.2) is 0 Å². The molecule has 2 N–H and O–H groups in total. The van der Waals surface area contributed by atoms with E-state index in [2.05, 4.69) is 5.16 Å². The summed E-state index contributed by atoms with van der Waals surface area (Å²) in [4.78, 5) is 0. The first kappa shape index (κ1) is 12.3. The van der Waals surface area contributed by atoms with Crippen LogP contribution >= 0.6 is 0 Å². The number of aromatic nitrogens is 1. The van der Waals surface area contributed by atoms with Gasteiger partial charge in [-0.15, -0.1) is 0 Å². The minimum atomic E-state index is 0.296. The fraction of sp³-hybridized carbons (Fsp3) is 0.308. The first-order valence-corrected chi connectivity index (χ1v) is 5.52. The van der Waals surface area contributed by atoms with Crippen molar-refractivity contribution in [1.29, 1.82) is 0 Å². The number of nitrogens with zero attached hydrogens (tertiary/aromatic N) is 1. The van der Waals surface area contributed by atoms with E-state index in [1.54, 1.807) is 20.4 Å². The van der Waals surface area contributed by atoms with Crippen molar-refractivity contribution >= 4 is 5.88 Å². The molecule has 0 unspecified atom stereocenters. The van der Waals surface area contributed by atoms with Gasteiger partial charge in [0.15, 0.2) is 11.5 Å². The van der Waals surface area contributed by atoms with Crippen LogP contribution in [0.2, 0.25) is 0 Å². The third-order valence-electron chi connectivity index (χ3n) is 3.12. The minimum Gasteiger partial charge on any atom is -0.493 e. The van der Waals surface area contributed by atoms with Crippen LogP contribution in [0.1, 0.15) is 11.1 Å². The van der Waals surface area contributed by atoms with Crippen molar-refractivity contribution in [3.05, 3.63) is 23.4 Å². The van der Waals surface area contributed by atoms with E-state index in [1.165, 1.54) is 0 Å². The first-order chi connectivity index (χ1) is 8.60. The summed E-state index contributed by atoms with van der Waals surface area (Å²) in [6.45, 7) is 3.98. The quantitative estimate of drug-likeness (QED) is 0.903. The van der Waals surface area contributed by atoms with E-state index in [1.807, 2.05) is 19.9 Å². The molecular weight excluding hydrogens is 232 g/mol. The molecule has 0 fully saturated rings. The number of methoxy groups -OCH3 is 2. The maximum absolute atomic E-state index is 5.75. The number of ether oxygens (including phenoxy) is 2. The molecule has 0 bridgehead atoms. The summed E-state index contributed by atoms with van der Waals surface area (Å²) in [5.74, 6) is 1.69. The van der Waals surface area contributed by atoms with Crippen LogP contribution in [0.5, 0.6) is 11.5 Å². The highest BCUT2D eigenvalue weighted by Gasteiger charge is 2.17. The Labute approximate surface area is 105 Å². The predicted octanol–water partition coefficient (Wildman–Crippen LogP) is 2.56. The molecule has 0 aliphatic heterocycles. The molecule has 1 aromatic heterocycles. The van der Waals surface area contributed by atoms with Crippen molar-refractivity contribution < 1.29 is 14.0 Å². The molecule has 5 heteroatoms. The second-order valence-corrected chi connectivity index (χ2v) is 4.01. The Morgan fingerprint density at radius 1 is 1.11 bits per heavy atom. The third-order valence-corrected chi connectivity index (χ3v) is 3.12. The minimum absolute atomic E-state index is 0.296. The van der Waals surface area contributed by atoms with Crippen LogP contribution in [0.3, 0.4) is 0 Å². The lowest BCUT2D eigenvalue weighted by Crippen LogP contribution is -1.98. The van der Waals surface area contributed by atoms with Crippen molar-refractivity contribution in [3.8, 4) is 22.6 Å². The second-order valence-electron chi connectivity index (χ2n) is 4.01. The van der Waals surface area contributed by atoms with Gasteiger partial charge in [-0.1, -0.05) is 5.16 Å². The molecule has 1 aromatic carbocycles. The van der Waals surface area contributed by atoms with Gasteiger partial charge in [-0.05, 0) is 36.6 Å². The van der Waals surface area contributed by atoms with Gasteiger partial charge in [-0.3, -0.25) is 0 Å². The summed E-state index contributed by atoms with van der Waals surface area (Å²) in [5, 5.41) is 3.69. The molecule has 1 heterocycles. The Morgan fingerprint density at radius 2 is 1.83 bits per heavy atom. The van der Waals surface area contributed by atoms with Crippen LogP contribution < -0.4 is 15.2 Å². The highest BCUT2D eigenvalue weighted by Crippen LogP contribution is 2.40. The van der Waals surface area contributed by atoms with Gasteiger partial charge in [0, 0.05) is 0 Å². The zero-order valence-corrected chi connectivity index (χ0v) is 10.9. The molecule has 2 aromatic rings. The van der Waals surface area contributed by atoms with Gasteiger partial charge in [0.2, 0.25) is 5.88 Å². The Kier molecular flexibility index (Phi) is 3.14. The average molecular weight is 248 g/mol. The normalized spacial score (nSPS) is 10.4. The Morgan fingerprint density at radius 3 is 2.33 bits per heavy atom. The number of nitrogen functional groups attached to an aromatic ring is 1. The molecule has 0 saturated heterocycles. The van der Waals surface area contributed by atoms with Crippen LogP contribution in [0.15, 0.2) is 16.8 Å². The fourth-order valence-electron chi connectivity index (χ4n) is 2.00. The Balaban J connectivity index is 2.70. The van der Waals surface area contributed by atoms with E-state index in [-0.39, 0.29) is 0 Å². The lowest BCUT2D eigenvalue weighted by molar-refractivity contribution is 0.353. The fourth-order valence-corrected chi connectivity index (χ4v) is 2.00. The largest absolute Gasteiger partial charge is 0.493 e. The van der Waals surface area contributed by atoms with Crippen molar-refractivity contribution in [2.24, 2.45) is 0 Å². The molecule has 5 nitrogen and oxygen atoms in total. The van der Waals surface area contributed by atoms with Gasteiger partial charge in [0.1, 0.15) is 0 Å². The number of nitrogens with two attached hydrogens (primary N) is 1. The summed E-state index contributed by atoms with van der Waals surface area (Å²) >= 11 is 0. The summed E-state index contributed by atoms with van der Waals surface area (Å²) in [6, 6.07) is 1.88. The van der Waals surface area contributed by atoms with Crippen LogP contribution in [0, 0.1) is 13.8 Å². The maximum atomic E-state index is 5.75. The molecule has 0 amide bonds. The van der Waals surface area contributed by atoms with E-state index in [9.17, 15) is 0 Å². The summed E-state index contributed by atoms with van der Waals surface area (Å²) in [7, 11) is 3.23. The van der Waals surface area contributed by atoms with Gasteiger partial charge in [0.05, 0.1) is 26.0 Å².